The van der Waals surface area contributed by atoms with Crippen molar-refractivity contribution in [2.45, 2.75) is 52.3 Å². The number of rotatable bonds is 8. The van der Waals surface area contributed by atoms with Gasteiger partial charge in [0, 0.05) is 25.8 Å². The van der Waals surface area contributed by atoms with Crippen LogP contribution >= 0.6 is 0 Å². The Morgan fingerprint density at radius 1 is 1.43 bits per heavy atom. The van der Waals surface area contributed by atoms with Gasteiger partial charge in [-0.3, -0.25) is 4.90 Å². The van der Waals surface area contributed by atoms with Crippen molar-refractivity contribution < 1.29 is 9.26 Å². The molecule has 1 N–H and O–H groups in total. The molecule has 5 heteroatoms. The molecule has 0 spiro atoms. The van der Waals surface area contributed by atoms with Gasteiger partial charge in [0.05, 0.1) is 18.3 Å². The van der Waals surface area contributed by atoms with Crippen molar-refractivity contribution in [1.82, 2.24) is 15.4 Å². The highest BCUT2D eigenvalue weighted by Crippen LogP contribution is 2.14. The number of likely N-dealkylation sites (N-methyl/N-ethyl adjacent to an activating group) is 1. The summed E-state index contributed by atoms with van der Waals surface area (Å²) < 4.78 is 11.2. The van der Waals surface area contributed by atoms with Crippen LogP contribution in [0.1, 0.15) is 44.6 Å². The third-order valence-electron chi connectivity index (χ3n) is 3.68. The summed E-state index contributed by atoms with van der Waals surface area (Å²) in [7, 11) is 2.11. The molecule has 1 aliphatic heterocycles. The number of nitrogens with zero attached hydrogens (tertiary/aromatic N) is 2. The van der Waals surface area contributed by atoms with Crippen molar-refractivity contribution in [3.63, 3.8) is 0 Å². The Balaban J connectivity index is 1.70. The molecule has 1 aromatic rings. The molecule has 0 aliphatic carbocycles. The molecule has 1 aromatic heterocycles. The topological polar surface area (TPSA) is 50.5 Å². The van der Waals surface area contributed by atoms with Crippen molar-refractivity contribution in [2.75, 3.05) is 26.7 Å². The lowest BCUT2D eigenvalue weighted by atomic mass is 10.1. The quantitative estimate of drug-likeness (QED) is 0.798. The van der Waals surface area contributed by atoms with Gasteiger partial charge in [-0.15, -0.1) is 0 Å². The first-order valence-electron chi connectivity index (χ1n) is 8.09. The zero-order valence-electron chi connectivity index (χ0n) is 13.6. The van der Waals surface area contributed by atoms with Crippen LogP contribution in [-0.4, -0.2) is 42.9 Å². The first-order chi connectivity index (χ1) is 10.1. The molecule has 0 amide bonds. The van der Waals surface area contributed by atoms with E-state index in [1.807, 2.05) is 6.07 Å². The third kappa shape index (κ3) is 6.16. The van der Waals surface area contributed by atoms with Gasteiger partial charge < -0.3 is 14.6 Å². The van der Waals surface area contributed by atoms with Crippen LogP contribution in [-0.2, 0) is 17.8 Å². The van der Waals surface area contributed by atoms with Gasteiger partial charge in [0.25, 0.3) is 0 Å². The molecule has 21 heavy (non-hydrogen) atoms. The molecule has 1 fully saturated rings. The van der Waals surface area contributed by atoms with Crippen LogP contribution < -0.4 is 5.32 Å². The second kappa shape index (κ2) is 8.51. The molecule has 1 aliphatic rings. The van der Waals surface area contributed by atoms with E-state index in [-0.39, 0.29) is 0 Å². The van der Waals surface area contributed by atoms with Gasteiger partial charge >= 0.3 is 0 Å². The van der Waals surface area contributed by atoms with Crippen molar-refractivity contribution in [3.8, 4) is 0 Å². The summed E-state index contributed by atoms with van der Waals surface area (Å²) in [6.07, 6.45) is 4.03. The Kier molecular flexibility index (Phi) is 6.67. The maximum Gasteiger partial charge on any atom is 0.151 e. The zero-order valence-corrected chi connectivity index (χ0v) is 13.6. The van der Waals surface area contributed by atoms with E-state index >= 15 is 0 Å². The summed E-state index contributed by atoms with van der Waals surface area (Å²) in [5.41, 5.74) is 0.980. The van der Waals surface area contributed by atoms with Crippen molar-refractivity contribution in [2.24, 2.45) is 5.92 Å². The van der Waals surface area contributed by atoms with Gasteiger partial charge in [0.2, 0.25) is 0 Å². The summed E-state index contributed by atoms with van der Waals surface area (Å²) in [6.45, 7) is 8.83. The van der Waals surface area contributed by atoms with E-state index in [2.05, 4.69) is 36.3 Å². The molecule has 5 nitrogen and oxygen atoms in total. The highest BCUT2D eigenvalue weighted by molar-refractivity contribution is 5.05. The summed E-state index contributed by atoms with van der Waals surface area (Å²) in [5.74, 6) is 1.58. The van der Waals surface area contributed by atoms with E-state index < -0.39 is 0 Å². The summed E-state index contributed by atoms with van der Waals surface area (Å²) in [5, 5.41) is 7.49. The molecule has 2 heterocycles. The van der Waals surface area contributed by atoms with Gasteiger partial charge in [-0.05, 0) is 38.8 Å². The predicted octanol–water partition coefficient (Wildman–Crippen LogP) is 2.42. The average molecular weight is 295 g/mol. The normalized spacial score (nSPS) is 19.6. The SMILES string of the molecule is CC(C)CNCc1cc(CN(C)CC2CCCCO2)on1. The molecule has 1 atom stereocenters. The van der Waals surface area contributed by atoms with Crippen LogP contribution in [0.25, 0.3) is 0 Å². The van der Waals surface area contributed by atoms with Crippen LogP contribution in [0, 0.1) is 5.92 Å². The Labute approximate surface area is 128 Å². The number of hydrogen-bond donors (Lipinski definition) is 1. The monoisotopic (exact) mass is 295 g/mol. The second-order valence-corrected chi connectivity index (χ2v) is 6.49. The van der Waals surface area contributed by atoms with Crippen LogP contribution in [0.15, 0.2) is 10.6 Å². The predicted molar refractivity (Wildman–Crippen MR) is 83.0 cm³/mol. The molecule has 0 bridgehead atoms. The minimum Gasteiger partial charge on any atom is -0.377 e. The fourth-order valence-corrected chi connectivity index (χ4v) is 2.63. The lowest BCUT2D eigenvalue weighted by Crippen LogP contribution is -2.32. The Morgan fingerprint density at radius 2 is 2.29 bits per heavy atom. The van der Waals surface area contributed by atoms with Crippen molar-refractivity contribution >= 4 is 0 Å². The van der Waals surface area contributed by atoms with E-state index in [1.54, 1.807) is 0 Å². The van der Waals surface area contributed by atoms with Crippen molar-refractivity contribution in [1.29, 1.82) is 0 Å². The first kappa shape index (κ1) is 16.5. The van der Waals surface area contributed by atoms with Crippen LogP contribution in [0.4, 0.5) is 0 Å². The lowest BCUT2D eigenvalue weighted by Gasteiger charge is -2.26. The van der Waals surface area contributed by atoms with Gasteiger partial charge in [-0.2, -0.15) is 0 Å². The van der Waals surface area contributed by atoms with E-state index in [9.17, 15) is 0 Å². The number of nitrogens with one attached hydrogen (secondary N) is 1. The molecule has 2 rings (SSSR count). The fraction of sp³-hybridized carbons (Fsp3) is 0.812. The maximum atomic E-state index is 5.77. The Bertz CT molecular complexity index is 400. The molecule has 0 radical (unpaired) electrons. The van der Waals surface area contributed by atoms with Gasteiger partial charge in [-0.25, -0.2) is 0 Å². The second-order valence-electron chi connectivity index (χ2n) is 6.49. The number of ether oxygens (including phenoxy) is 1. The molecule has 0 aromatic carbocycles. The van der Waals surface area contributed by atoms with E-state index in [1.165, 1.54) is 19.3 Å². The van der Waals surface area contributed by atoms with E-state index in [0.717, 1.165) is 44.2 Å². The van der Waals surface area contributed by atoms with Crippen LogP contribution in [0.2, 0.25) is 0 Å². The highest BCUT2D eigenvalue weighted by Gasteiger charge is 2.17. The molecule has 1 unspecified atom stereocenters. The van der Waals surface area contributed by atoms with Crippen LogP contribution in [0.3, 0.4) is 0 Å². The zero-order chi connectivity index (χ0) is 15.1. The molecular formula is C16H29N3O2. The van der Waals surface area contributed by atoms with E-state index in [4.69, 9.17) is 9.26 Å². The standard InChI is InChI=1S/C16H29N3O2/c1-13(2)9-17-10-14-8-16(21-18-14)12-19(3)11-15-6-4-5-7-20-15/h8,13,15,17H,4-7,9-12H2,1-3H3. The largest absolute Gasteiger partial charge is 0.377 e. The average Bonchev–Trinajstić information content (AvgIpc) is 2.86. The molecule has 120 valence electrons. The summed E-state index contributed by atoms with van der Waals surface area (Å²) in [6, 6.07) is 2.05. The third-order valence-corrected chi connectivity index (χ3v) is 3.68. The van der Waals surface area contributed by atoms with Gasteiger partial charge in [0.1, 0.15) is 0 Å². The molecular weight excluding hydrogens is 266 g/mol. The molecule has 0 saturated carbocycles. The van der Waals surface area contributed by atoms with Crippen LogP contribution in [0.5, 0.6) is 0 Å². The Morgan fingerprint density at radius 3 is 3.00 bits per heavy atom. The minimum atomic E-state index is 0.374. The minimum absolute atomic E-state index is 0.374. The van der Waals surface area contributed by atoms with Gasteiger partial charge in [0.15, 0.2) is 5.76 Å². The summed E-state index contributed by atoms with van der Waals surface area (Å²) >= 11 is 0. The summed E-state index contributed by atoms with van der Waals surface area (Å²) in [4.78, 5) is 2.25. The van der Waals surface area contributed by atoms with Gasteiger partial charge in [-0.1, -0.05) is 19.0 Å². The first-order valence-corrected chi connectivity index (χ1v) is 8.09. The fourth-order valence-electron chi connectivity index (χ4n) is 2.63. The Hall–Kier alpha value is -0.910. The number of aromatic nitrogens is 1. The smallest absolute Gasteiger partial charge is 0.151 e. The van der Waals surface area contributed by atoms with E-state index in [0.29, 0.717) is 12.0 Å². The lowest BCUT2D eigenvalue weighted by molar-refractivity contribution is -0.00360. The van der Waals surface area contributed by atoms with Crippen molar-refractivity contribution in [3.05, 3.63) is 17.5 Å². The maximum absolute atomic E-state index is 5.77. The highest BCUT2D eigenvalue weighted by atomic mass is 16.5. The molecule has 1 saturated heterocycles. The number of hydrogen-bond acceptors (Lipinski definition) is 5.